The van der Waals surface area contributed by atoms with Crippen molar-refractivity contribution in [3.05, 3.63) is 29.6 Å². The Morgan fingerprint density at radius 1 is 1.52 bits per heavy atom. The minimum atomic E-state index is -0.227. The Morgan fingerprint density at radius 2 is 2.33 bits per heavy atom. The summed E-state index contributed by atoms with van der Waals surface area (Å²) in [5.41, 5.74) is 0.942. The quantitative estimate of drug-likeness (QED) is 0.809. The Balaban J connectivity index is 2.17. The molecule has 0 bridgehead atoms. The highest BCUT2D eigenvalue weighted by molar-refractivity contribution is 5.94. The molecule has 1 aliphatic rings. The lowest BCUT2D eigenvalue weighted by molar-refractivity contribution is 0.0522. The molecule has 0 radical (unpaired) electrons. The maximum absolute atomic E-state index is 12.6. The molecule has 21 heavy (non-hydrogen) atoms. The van der Waals surface area contributed by atoms with Crippen molar-refractivity contribution < 1.29 is 9.90 Å². The normalized spacial score (nSPS) is 19.0. The second-order valence-electron chi connectivity index (χ2n) is 5.09. The average Bonchev–Trinajstić information content (AvgIpc) is 2.52. The molecule has 1 amide bonds. The van der Waals surface area contributed by atoms with Gasteiger partial charge in [0.25, 0.3) is 5.91 Å². The molecule has 1 N–H and O–H groups in total. The summed E-state index contributed by atoms with van der Waals surface area (Å²) in [6.07, 6.45) is 1.60. The van der Waals surface area contributed by atoms with E-state index < -0.39 is 0 Å². The number of aliphatic hydroxyl groups excluding tert-OH is 1. The molecule has 5 nitrogen and oxygen atoms in total. The van der Waals surface area contributed by atoms with Crippen molar-refractivity contribution in [2.24, 2.45) is 0 Å². The van der Waals surface area contributed by atoms with Crippen LogP contribution in [0.2, 0.25) is 0 Å². The number of rotatable bonds is 2. The lowest BCUT2D eigenvalue weighted by Gasteiger charge is -2.39. The van der Waals surface area contributed by atoms with Gasteiger partial charge in [-0.15, -0.1) is 0 Å². The van der Waals surface area contributed by atoms with Crippen LogP contribution in [-0.4, -0.2) is 64.6 Å². The van der Waals surface area contributed by atoms with Crippen LogP contribution >= 0.6 is 0 Å². The van der Waals surface area contributed by atoms with E-state index in [1.165, 1.54) is 0 Å². The van der Waals surface area contributed by atoms with Crippen LogP contribution in [0.3, 0.4) is 0 Å². The summed E-state index contributed by atoms with van der Waals surface area (Å²) in [6, 6.07) is 3.85. The van der Waals surface area contributed by atoms with Gasteiger partial charge in [0, 0.05) is 31.9 Å². The van der Waals surface area contributed by atoms with E-state index in [1.807, 2.05) is 4.90 Å². The first kappa shape index (κ1) is 15.5. The summed E-state index contributed by atoms with van der Waals surface area (Å²) < 4.78 is 0. The van der Waals surface area contributed by atoms with Crippen LogP contribution < -0.4 is 0 Å². The summed E-state index contributed by atoms with van der Waals surface area (Å²) in [4.78, 5) is 21.0. The molecule has 0 aliphatic carbocycles. The molecular weight excluding hydrogens is 266 g/mol. The molecule has 2 rings (SSSR count). The average molecular weight is 287 g/mol. The maximum Gasteiger partial charge on any atom is 0.273 e. The molecule has 5 heteroatoms. The van der Waals surface area contributed by atoms with Gasteiger partial charge in [0.2, 0.25) is 0 Å². The highest BCUT2D eigenvalue weighted by Gasteiger charge is 2.27. The van der Waals surface area contributed by atoms with Crippen molar-refractivity contribution in [3.63, 3.8) is 0 Å². The second kappa shape index (κ2) is 7.21. The van der Waals surface area contributed by atoms with Gasteiger partial charge in [-0.25, -0.2) is 4.98 Å². The molecule has 1 saturated heterocycles. The Hall–Kier alpha value is -1.90. The van der Waals surface area contributed by atoms with Crippen LogP contribution in [0.25, 0.3) is 0 Å². The van der Waals surface area contributed by atoms with Crippen molar-refractivity contribution in [3.8, 4) is 11.8 Å². The molecule has 1 atom stereocenters. The standard InChI is InChI=1S/C16H21N3O2/c1-3-18-9-10-19(12-13(18)2)16(21)15-14(7-5-11-20)6-4-8-17-15/h4,6,8,13,20H,3,9-12H2,1-2H3. The molecule has 112 valence electrons. The first-order valence-corrected chi connectivity index (χ1v) is 7.25. The monoisotopic (exact) mass is 287 g/mol. The molecule has 1 aliphatic heterocycles. The van der Waals surface area contributed by atoms with Crippen molar-refractivity contribution in [1.82, 2.24) is 14.8 Å². The van der Waals surface area contributed by atoms with Gasteiger partial charge in [-0.3, -0.25) is 9.69 Å². The van der Waals surface area contributed by atoms with E-state index in [1.54, 1.807) is 18.3 Å². The fraction of sp³-hybridized carbons (Fsp3) is 0.500. The number of hydrogen-bond acceptors (Lipinski definition) is 4. The number of amides is 1. The fourth-order valence-electron chi connectivity index (χ4n) is 2.61. The first-order valence-electron chi connectivity index (χ1n) is 7.25. The van der Waals surface area contributed by atoms with E-state index in [0.29, 0.717) is 30.4 Å². The molecule has 2 heterocycles. The summed E-state index contributed by atoms with van der Waals surface area (Å²) in [6.45, 7) is 7.34. The van der Waals surface area contributed by atoms with Crippen LogP contribution in [0.4, 0.5) is 0 Å². The van der Waals surface area contributed by atoms with Crippen LogP contribution in [0.1, 0.15) is 29.9 Å². The summed E-state index contributed by atoms with van der Waals surface area (Å²) in [5.74, 6) is 5.29. The highest BCUT2D eigenvalue weighted by Crippen LogP contribution is 2.14. The van der Waals surface area contributed by atoms with Crippen molar-refractivity contribution in [2.75, 3.05) is 32.8 Å². The van der Waals surface area contributed by atoms with E-state index >= 15 is 0 Å². The van der Waals surface area contributed by atoms with Gasteiger partial charge in [0.15, 0.2) is 0 Å². The van der Waals surface area contributed by atoms with Crippen LogP contribution in [0.15, 0.2) is 18.3 Å². The predicted molar refractivity (Wildman–Crippen MR) is 80.8 cm³/mol. The number of carbonyl (C=O) groups is 1. The van der Waals surface area contributed by atoms with E-state index in [9.17, 15) is 4.79 Å². The molecule has 1 aromatic rings. The van der Waals surface area contributed by atoms with E-state index in [2.05, 4.69) is 35.6 Å². The third-order valence-electron chi connectivity index (χ3n) is 3.77. The predicted octanol–water partition coefficient (Wildman–Crippen LogP) is 0.592. The molecule has 1 aromatic heterocycles. The van der Waals surface area contributed by atoms with Crippen molar-refractivity contribution in [2.45, 2.75) is 19.9 Å². The van der Waals surface area contributed by atoms with E-state index in [-0.39, 0.29) is 12.5 Å². The molecule has 0 aromatic carbocycles. The number of pyridine rings is 1. The Labute approximate surface area is 125 Å². The highest BCUT2D eigenvalue weighted by atomic mass is 16.2. The van der Waals surface area contributed by atoms with Gasteiger partial charge in [0.1, 0.15) is 12.3 Å². The molecule has 0 saturated carbocycles. The number of nitrogens with zero attached hydrogens (tertiary/aromatic N) is 3. The zero-order valence-electron chi connectivity index (χ0n) is 12.5. The van der Waals surface area contributed by atoms with Gasteiger partial charge in [0.05, 0.1) is 5.56 Å². The zero-order valence-corrected chi connectivity index (χ0v) is 12.5. The number of carbonyl (C=O) groups excluding carboxylic acids is 1. The zero-order chi connectivity index (χ0) is 15.2. The van der Waals surface area contributed by atoms with E-state index in [0.717, 1.165) is 13.1 Å². The summed E-state index contributed by atoms with van der Waals surface area (Å²) >= 11 is 0. The van der Waals surface area contributed by atoms with Crippen LogP contribution in [0.5, 0.6) is 0 Å². The SMILES string of the molecule is CCN1CCN(C(=O)c2ncccc2C#CCO)CC1C. The summed E-state index contributed by atoms with van der Waals surface area (Å²) in [5, 5.41) is 8.80. The second-order valence-corrected chi connectivity index (χ2v) is 5.09. The Kier molecular flexibility index (Phi) is 5.32. The van der Waals surface area contributed by atoms with Crippen LogP contribution in [0, 0.1) is 11.8 Å². The number of aromatic nitrogens is 1. The minimum Gasteiger partial charge on any atom is -0.384 e. The topological polar surface area (TPSA) is 56.7 Å². The number of hydrogen-bond donors (Lipinski definition) is 1. The Morgan fingerprint density at radius 3 is 3.00 bits per heavy atom. The smallest absolute Gasteiger partial charge is 0.273 e. The maximum atomic E-state index is 12.6. The number of aliphatic hydroxyl groups is 1. The number of piperazine rings is 1. The third-order valence-corrected chi connectivity index (χ3v) is 3.77. The Bertz CT molecular complexity index is 562. The lowest BCUT2D eigenvalue weighted by Crippen LogP contribution is -2.53. The third kappa shape index (κ3) is 3.60. The van der Waals surface area contributed by atoms with Gasteiger partial charge < -0.3 is 10.0 Å². The first-order chi connectivity index (χ1) is 10.2. The lowest BCUT2D eigenvalue weighted by atomic mass is 10.1. The largest absolute Gasteiger partial charge is 0.384 e. The van der Waals surface area contributed by atoms with Crippen molar-refractivity contribution in [1.29, 1.82) is 0 Å². The van der Waals surface area contributed by atoms with Gasteiger partial charge in [-0.1, -0.05) is 18.8 Å². The van der Waals surface area contributed by atoms with Gasteiger partial charge in [-0.05, 0) is 25.6 Å². The number of likely N-dealkylation sites (N-methyl/N-ethyl adjacent to an activating group) is 1. The van der Waals surface area contributed by atoms with Crippen LogP contribution in [-0.2, 0) is 0 Å². The minimum absolute atomic E-state index is 0.0829. The molecular formula is C16H21N3O2. The molecule has 1 unspecified atom stereocenters. The molecule has 0 spiro atoms. The fourth-order valence-corrected chi connectivity index (χ4v) is 2.61. The van der Waals surface area contributed by atoms with E-state index in [4.69, 9.17) is 5.11 Å². The summed E-state index contributed by atoms with van der Waals surface area (Å²) in [7, 11) is 0. The van der Waals surface area contributed by atoms with Gasteiger partial charge in [-0.2, -0.15) is 0 Å². The molecule has 1 fully saturated rings. The van der Waals surface area contributed by atoms with Crippen molar-refractivity contribution >= 4 is 5.91 Å². The van der Waals surface area contributed by atoms with Gasteiger partial charge >= 0.3 is 0 Å².